The van der Waals surface area contributed by atoms with Gasteiger partial charge in [0, 0.05) is 29.9 Å². The molecule has 0 amide bonds. The third kappa shape index (κ3) is 4.20. The van der Waals surface area contributed by atoms with Crippen LogP contribution in [0.4, 0.5) is 13.2 Å². The Bertz CT molecular complexity index is 1100. The quantitative estimate of drug-likeness (QED) is 0.409. The lowest BCUT2D eigenvalue weighted by atomic mass is 10.1. The van der Waals surface area contributed by atoms with Crippen molar-refractivity contribution in [2.75, 3.05) is 0 Å². The summed E-state index contributed by atoms with van der Waals surface area (Å²) in [5.41, 5.74) is 3.42. The molecule has 0 radical (unpaired) electrons. The largest absolute Gasteiger partial charge is 0.416 e. The fourth-order valence-electron chi connectivity index (χ4n) is 3.47. The Labute approximate surface area is 167 Å². The topological polar surface area (TPSA) is 17.0 Å². The van der Waals surface area contributed by atoms with Gasteiger partial charge in [0.1, 0.15) is 0 Å². The molecule has 4 aromatic rings. The molecule has 5 heteroatoms. The summed E-state index contributed by atoms with van der Waals surface area (Å²) in [4.78, 5) is 0. The normalized spacial score (nSPS) is 13.0. The van der Waals surface area contributed by atoms with Gasteiger partial charge in [0.15, 0.2) is 0 Å². The molecule has 29 heavy (non-hydrogen) atoms. The molecule has 1 N–H and O–H groups in total. The third-order valence-corrected chi connectivity index (χ3v) is 5.14. The average Bonchev–Trinajstić information content (AvgIpc) is 3.15. The number of alkyl halides is 3. The molecule has 4 rings (SSSR count). The van der Waals surface area contributed by atoms with Crippen molar-refractivity contribution in [1.82, 2.24) is 9.88 Å². The molecule has 1 aromatic heterocycles. The third-order valence-electron chi connectivity index (χ3n) is 5.14. The van der Waals surface area contributed by atoms with E-state index in [1.165, 1.54) is 17.7 Å². The summed E-state index contributed by atoms with van der Waals surface area (Å²) in [6.45, 7) is 2.87. The lowest BCUT2D eigenvalue weighted by Crippen LogP contribution is -2.17. The molecule has 0 saturated heterocycles. The molecule has 3 aromatic carbocycles. The number of fused-ring (bicyclic) bond motifs is 1. The second kappa shape index (κ2) is 7.76. The van der Waals surface area contributed by atoms with Crippen molar-refractivity contribution in [2.24, 2.45) is 0 Å². The predicted octanol–water partition coefficient (Wildman–Crippen LogP) is 6.50. The summed E-state index contributed by atoms with van der Waals surface area (Å²) in [5, 5.41) is 4.58. The Morgan fingerprint density at radius 1 is 0.897 bits per heavy atom. The first kappa shape index (κ1) is 19.3. The van der Waals surface area contributed by atoms with Gasteiger partial charge in [-0.05, 0) is 60.5 Å². The SMILES string of the molecule is C[C@@H](NCc1ccc2c(ccn2-c2ccc(C(F)(F)F)cc2)c1)c1ccccc1. The molecule has 1 heterocycles. The van der Waals surface area contributed by atoms with Crippen LogP contribution in [0.3, 0.4) is 0 Å². The van der Waals surface area contributed by atoms with Crippen LogP contribution < -0.4 is 5.32 Å². The van der Waals surface area contributed by atoms with E-state index < -0.39 is 11.7 Å². The van der Waals surface area contributed by atoms with Gasteiger partial charge in [0.2, 0.25) is 0 Å². The second-order valence-corrected chi connectivity index (χ2v) is 7.14. The molecule has 0 aliphatic carbocycles. The molecule has 0 saturated carbocycles. The van der Waals surface area contributed by atoms with Crippen LogP contribution in [0.2, 0.25) is 0 Å². The van der Waals surface area contributed by atoms with Crippen LogP contribution in [0.15, 0.2) is 85.1 Å². The van der Waals surface area contributed by atoms with Crippen LogP contribution in [-0.2, 0) is 12.7 Å². The molecule has 0 spiro atoms. The Balaban J connectivity index is 1.52. The summed E-state index contributed by atoms with van der Waals surface area (Å²) in [6, 6.07) is 23.9. The Morgan fingerprint density at radius 2 is 1.62 bits per heavy atom. The first-order valence-corrected chi connectivity index (χ1v) is 9.48. The number of nitrogens with one attached hydrogen (secondary N) is 1. The predicted molar refractivity (Wildman–Crippen MR) is 110 cm³/mol. The summed E-state index contributed by atoms with van der Waals surface area (Å²) >= 11 is 0. The standard InChI is InChI=1S/C24H21F3N2/c1-17(19-5-3-2-4-6-19)28-16-18-7-12-23-20(15-18)13-14-29(23)22-10-8-21(9-11-22)24(25,26)27/h2-15,17,28H,16H2,1H3/t17-/m1/s1. The number of hydrogen-bond donors (Lipinski definition) is 1. The van der Waals surface area contributed by atoms with Crippen LogP contribution in [0.1, 0.15) is 29.7 Å². The minimum absolute atomic E-state index is 0.239. The fraction of sp³-hybridized carbons (Fsp3) is 0.167. The second-order valence-electron chi connectivity index (χ2n) is 7.14. The van der Waals surface area contributed by atoms with Crippen LogP contribution in [0, 0.1) is 0 Å². The lowest BCUT2D eigenvalue weighted by Gasteiger charge is -2.14. The van der Waals surface area contributed by atoms with Crippen molar-refractivity contribution >= 4 is 10.9 Å². The zero-order valence-corrected chi connectivity index (χ0v) is 15.9. The number of rotatable bonds is 5. The summed E-state index contributed by atoms with van der Waals surface area (Å²) in [7, 11) is 0. The number of halogens is 3. The maximum Gasteiger partial charge on any atom is 0.416 e. The van der Waals surface area contributed by atoms with E-state index >= 15 is 0 Å². The number of benzene rings is 3. The first-order chi connectivity index (χ1) is 13.9. The van der Waals surface area contributed by atoms with Gasteiger partial charge < -0.3 is 9.88 Å². The minimum atomic E-state index is -4.32. The zero-order chi connectivity index (χ0) is 20.4. The smallest absolute Gasteiger partial charge is 0.317 e. The minimum Gasteiger partial charge on any atom is -0.317 e. The van der Waals surface area contributed by atoms with Gasteiger partial charge in [-0.25, -0.2) is 0 Å². The Morgan fingerprint density at radius 3 is 2.31 bits per heavy atom. The van der Waals surface area contributed by atoms with E-state index in [0.717, 1.165) is 35.1 Å². The van der Waals surface area contributed by atoms with Gasteiger partial charge in [-0.3, -0.25) is 0 Å². The Hall–Kier alpha value is -3.05. The van der Waals surface area contributed by atoms with Crippen molar-refractivity contribution in [2.45, 2.75) is 25.7 Å². The van der Waals surface area contributed by atoms with Crippen molar-refractivity contribution in [3.05, 3.63) is 102 Å². The molecular weight excluding hydrogens is 373 g/mol. The number of aromatic nitrogens is 1. The lowest BCUT2D eigenvalue weighted by molar-refractivity contribution is -0.137. The maximum absolute atomic E-state index is 12.8. The van der Waals surface area contributed by atoms with E-state index in [-0.39, 0.29) is 6.04 Å². The molecule has 148 valence electrons. The molecule has 0 fully saturated rings. The molecule has 0 bridgehead atoms. The van der Waals surface area contributed by atoms with Gasteiger partial charge in [-0.2, -0.15) is 13.2 Å². The van der Waals surface area contributed by atoms with E-state index in [1.807, 2.05) is 47.2 Å². The Kier molecular flexibility index (Phi) is 5.16. The van der Waals surface area contributed by atoms with E-state index in [4.69, 9.17) is 0 Å². The highest BCUT2D eigenvalue weighted by molar-refractivity contribution is 5.82. The van der Waals surface area contributed by atoms with E-state index in [9.17, 15) is 13.2 Å². The van der Waals surface area contributed by atoms with E-state index in [2.05, 4.69) is 30.4 Å². The van der Waals surface area contributed by atoms with Crippen molar-refractivity contribution in [3.63, 3.8) is 0 Å². The maximum atomic E-state index is 12.8. The van der Waals surface area contributed by atoms with Gasteiger partial charge in [0.25, 0.3) is 0 Å². The number of hydrogen-bond acceptors (Lipinski definition) is 1. The fourth-order valence-corrected chi connectivity index (χ4v) is 3.47. The van der Waals surface area contributed by atoms with Gasteiger partial charge in [0.05, 0.1) is 11.1 Å². The average molecular weight is 394 g/mol. The van der Waals surface area contributed by atoms with Crippen molar-refractivity contribution in [1.29, 1.82) is 0 Å². The molecule has 0 aliphatic rings. The van der Waals surface area contributed by atoms with Gasteiger partial charge >= 0.3 is 6.18 Å². The molecule has 0 unspecified atom stereocenters. The molecule has 0 aliphatic heterocycles. The monoisotopic (exact) mass is 394 g/mol. The highest BCUT2D eigenvalue weighted by Crippen LogP contribution is 2.30. The van der Waals surface area contributed by atoms with E-state index in [0.29, 0.717) is 5.69 Å². The van der Waals surface area contributed by atoms with Crippen molar-refractivity contribution < 1.29 is 13.2 Å². The summed E-state index contributed by atoms with van der Waals surface area (Å²) < 4.78 is 40.3. The number of nitrogens with zero attached hydrogens (tertiary/aromatic N) is 1. The first-order valence-electron chi connectivity index (χ1n) is 9.48. The van der Waals surface area contributed by atoms with Crippen LogP contribution in [0.25, 0.3) is 16.6 Å². The summed E-state index contributed by atoms with van der Waals surface area (Å²) in [6.07, 6.45) is -2.44. The van der Waals surface area contributed by atoms with E-state index in [1.54, 1.807) is 0 Å². The van der Waals surface area contributed by atoms with Gasteiger partial charge in [-0.15, -0.1) is 0 Å². The van der Waals surface area contributed by atoms with Crippen molar-refractivity contribution in [3.8, 4) is 5.69 Å². The summed E-state index contributed by atoms with van der Waals surface area (Å²) in [5.74, 6) is 0. The van der Waals surface area contributed by atoms with Crippen LogP contribution >= 0.6 is 0 Å². The van der Waals surface area contributed by atoms with Crippen LogP contribution in [0.5, 0.6) is 0 Å². The molecule has 2 nitrogen and oxygen atoms in total. The van der Waals surface area contributed by atoms with Crippen LogP contribution in [-0.4, -0.2) is 4.57 Å². The zero-order valence-electron chi connectivity index (χ0n) is 15.9. The van der Waals surface area contributed by atoms with Gasteiger partial charge in [-0.1, -0.05) is 36.4 Å². The highest BCUT2D eigenvalue weighted by atomic mass is 19.4. The highest BCUT2D eigenvalue weighted by Gasteiger charge is 2.30. The molecular formula is C24H21F3N2. The molecule has 1 atom stereocenters.